The molecule has 0 radical (unpaired) electrons. The van der Waals surface area contributed by atoms with Gasteiger partial charge in [0.1, 0.15) is 0 Å². The summed E-state index contributed by atoms with van der Waals surface area (Å²) in [7, 11) is -3.51. The van der Waals surface area contributed by atoms with E-state index in [0.717, 1.165) is 0 Å². The van der Waals surface area contributed by atoms with E-state index in [-0.39, 0.29) is 12.2 Å². The Hall–Kier alpha value is -1.11. The van der Waals surface area contributed by atoms with E-state index in [2.05, 4.69) is 4.72 Å². The van der Waals surface area contributed by atoms with Gasteiger partial charge in [0.15, 0.2) is 0 Å². The molecule has 5 nitrogen and oxygen atoms in total. The zero-order valence-corrected chi connectivity index (χ0v) is 12.0. The quantitative estimate of drug-likeness (QED) is 0.809. The van der Waals surface area contributed by atoms with Crippen LogP contribution in [0.25, 0.3) is 0 Å². The molecule has 106 valence electrons. The van der Waals surface area contributed by atoms with Gasteiger partial charge in [-0.15, -0.1) is 0 Å². The topological polar surface area (TPSA) is 83.5 Å². The minimum Gasteiger partial charge on any atom is -0.481 e. The normalized spacial score (nSPS) is 13.2. The van der Waals surface area contributed by atoms with Crippen LogP contribution in [0, 0.1) is 0 Å². The predicted molar refractivity (Wildman–Crippen MR) is 73.7 cm³/mol. The summed E-state index contributed by atoms with van der Waals surface area (Å²) in [5, 5.41) is 9.23. The van der Waals surface area contributed by atoms with E-state index in [0.29, 0.717) is 17.0 Å². The first kappa shape index (κ1) is 15.9. The standard InChI is InChI=1S/C12H16ClNO4S/c1-2-7-19(17,18)14-11(8-12(15)16)9-5-3-4-6-10(9)13/h3-6,11,14H,2,7-8H2,1H3,(H,15,16)/t11-/m0/s1. The SMILES string of the molecule is CCCS(=O)(=O)N[C@@H](CC(=O)O)c1ccccc1Cl. The second-order valence-corrected chi connectivity index (χ2v) is 6.39. The van der Waals surface area contributed by atoms with E-state index in [1.165, 1.54) is 0 Å². The predicted octanol–water partition coefficient (Wildman–Crippen LogP) is 2.19. The van der Waals surface area contributed by atoms with Gasteiger partial charge in [0.05, 0.1) is 18.2 Å². The molecule has 0 fully saturated rings. The van der Waals surface area contributed by atoms with Crippen LogP contribution in [0.3, 0.4) is 0 Å². The maximum atomic E-state index is 11.8. The van der Waals surface area contributed by atoms with Crippen molar-refractivity contribution in [2.75, 3.05) is 5.75 Å². The lowest BCUT2D eigenvalue weighted by atomic mass is 10.1. The summed E-state index contributed by atoms with van der Waals surface area (Å²) in [6.45, 7) is 1.74. The van der Waals surface area contributed by atoms with E-state index in [1.54, 1.807) is 31.2 Å². The van der Waals surface area contributed by atoms with E-state index in [1.807, 2.05) is 0 Å². The van der Waals surface area contributed by atoms with Crippen LogP contribution in [0.5, 0.6) is 0 Å². The first-order chi connectivity index (χ1) is 8.85. The fourth-order valence-electron chi connectivity index (χ4n) is 1.69. The second-order valence-electron chi connectivity index (χ2n) is 4.11. The van der Waals surface area contributed by atoms with Gasteiger partial charge in [-0.25, -0.2) is 13.1 Å². The number of aliphatic carboxylic acids is 1. The molecule has 0 aliphatic heterocycles. The van der Waals surface area contributed by atoms with Gasteiger partial charge >= 0.3 is 5.97 Å². The first-order valence-electron chi connectivity index (χ1n) is 5.82. The van der Waals surface area contributed by atoms with E-state index in [9.17, 15) is 13.2 Å². The molecule has 1 rings (SSSR count). The van der Waals surface area contributed by atoms with Crippen molar-refractivity contribution in [2.45, 2.75) is 25.8 Å². The van der Waals surface area contributed by atoms with Crippen molar-refractivity contribution in [1.82, 2.24) is 4.72 Å². The van der Waals surface area contributed by atoms with Gasteiger partial charge < -0.3 is 5.11 Å². The van der Waals surface area contributed by atoms with E-state index < -0.39 is 22.0 Å². The Morgan fingerprint density at radius 3 is 2.58 bits per heavy atom. The van der Waals surface area contributed by atoms with Crippen molar-refractivity contribution in [3.63, 3.8) is 0 Å². The molecule has 0 saturated carbocycles. The molecule has 0 aliphatic rings. The number of rotatable bonds is 7. The molecular formula is C12H16ClNO4S. The Kier molecular flexibility index (Phi) is 5.78. The number of hydrogen-bond donors (Lipinski definition) is 2. The van der Waals surface area contributed by atoms with E-state index >= 15 is 0 Å². The number of carboxylic acid groups (broad SMARTS) is 1. The zero-order valence-electron chi connectivity index (χ0n) is 10.5. The number of carboxylic acids is 1. The van der Waals surface area contributed by atoms with Crippen LogP contribution in [0.15, 0.2) is 24.3 Å². The second kappa shape index (κ2) is 6.88. The van der Waals surface area contributed by atoms with Crippen molar-refractivity contribution in [1.29, 1.82) is 0 Å². The molecule has 0 spiro atoms. The maximum Gasteiger partial charge on any atom is 0.305 e. The van der Waals surface area contributed by atoms with Gasteiger partial charge in [0.2, 0.25) is 10.0 Å². The van der Waals surface area contributed by atoms with Gasteiger partial charge in [-0.2, -0.15) is 0 Å². The van der Waals surface area contributed by atoms with Gasteiger partial charge in [-0.1, -0.05) is 36.7 Å². The third-order valence-electron chi connectivity index (χ3n) is 2.45. The minimum atomic E-state index is -3.51. The molecule has 0 aromatic heterocycles. The Bertz CT molecular complexity index is 544. The average Bonchev–Trinajstić information content (AvgIpc) is 2.27. The summed E-state index contributed by atoms with van der Waals surface area (Å²) in [6, 6.07) is 5.74. The van der Waals surface area contributed by atoms with Crippen molar-refractivity contribution >= 4 is 27.6 Å². The van der Waals surface area contributed by atoms with Gasteiger partial charge in [-0.3, -0.25) is 4.79 Å². The summed E-state index contributed by atoms with van der Waals surface area (Å²) in [6.07, 6.45) is 0.102. The highest BCUT2D eigenvalue weighted by Crippen LogP contribution is 2.25. The number of sulfonamides is 1. The Morgan fingerprint density at radius 2 is 2.05 bits per heavy atom. The molecule has 0 bridgehead atoms. The lowest BCUT2D eigenvalue weighted by Gasteiger charge is -2.18. The Labute approximate surface area is 117 Å². The fourth-order valence-corrected chi connectivity index (χ4v) is 3.26. The molecule has 0 aliphatic carbocycles. The van der Waals surface area contributed by atoms with Crippen molar-refractivity contribution < 1.29 is 18.3 Å². The Morgan fingerprint density at radius 1 is 1.42 bits per heavy atom. The molecule has 1 aromatic carbocycles. The molecule has 2 N–H and O–H groups in total. The molecule has 7 heteroatoms. The lowest BCUT2D eigenvalue weighted by Crippen LogP contribution is -2.32. The monoisotopic (exact) mass is 305 g/mol. The lowest BCUT2D eigenvalue weighted by molar-refractivity contribution is -0.137. The highest BCUT2D eigenvalue weighted by Gasteiger charge is 2.23. The zero-order chi connectivity index (χ0) is 14.5. The van der Waals surface area contributed by atoms with Crippen LogP contribution in [0.2, 0.25) is 5.02 Å². The first-order valence-corrected chi connectivity index (χ1v) is 7.85. The van der Waals surface area contributed by atoms with Crippen LogP contribution in [0.4, 0.5) is 0 Å². The summed E-state index contributed by atoms with van der Waals surface area (Å²) in [5.74, 6) is -1.14. The Balaban J connectivity index is 3.03. The number of nitrogens with one attached hydrogen (secondary N) is 1. The summed E-state index contributed by atoms with van der Waals surface area (Å²) in [4.78, 5) is 10.9. The molecule has 1 aromatic rings. The molecule has 0 unspecified atom stereocenters. The van der Waals surface area contributed by atoms with Crippen LogP contribution in [-0.2, 0) is 14.8 Å². The summed E-state index contributed by atoms with van der Waals surface area (Å²) in [5.41, 5.74) is 0.464. The maximum absolute atomic E-state index is 11.8. The molecule has 1 atom stereocenters. The average molecular weight is 306 g/mol. The molecule has 0 saturated heterocycles. The van der Waals surface area contributed by atoms with Crippen LogP contribution < -0.4 is 4.72 Å². The number of carbonyl (C=O) groups is 1. The van der Waals surface area contributed by atoms with Crippen LogP contribution in [0.1, 0.15) is 31.4 Å². The summed E-state index contributed by atoms with van der Waals surface area (Å²) >= 11 is 5.98. The van der Waals surface area contributed by atoms with Gasteiger partial charge in [0.25, 0.3) is 0 Å². The molecule has 0 heterocycles. The smallest absolute Gasteiger partial charge is 0.305 e. The summed E-state index contributed by atoms with van der Waals surface area (Å²) < 4.78 is 25.9. The fraction of sp³-hybridized carbons (Fsp3) is 0.417. The van der Waals surface area contributed by atoms with Crippen molar-refractivity contribution in [3.8, 4) is 0 Å². The number of hydrogen-bond acceptors (Lipinski definition) is 3. The highest BCUT2D eigenvalue weighted by atomic mass is 35.5. The van der Waals surface area contributed by atoms with Gasteiger partial charge in [0, 0.05) is 5.02 Å². The largest absolute Gasteiger partial charge is 0.481 e. The van der Waals surface area contributed by atoms with Crippen LogP contribution >= 0.6 is 11.6 Å². The number of halogens is 1. The van der Waals surface area contributed by atoms with E-state index in [4.69, 9.17) is 16.7 Å². The third kappa shape index (κ3) is 5.18. The molecular weight excluding hydrogens is 290 g/mol. The van der Waals surface area contributed by atoms with Crippen molar-refractivity contribution in [2.24, 2.45) is 0 Å². The molecule has 0 amide bonds. The minimum absolute atomic E-state index is 0.0480. The molecule has 19 heavy (non-hydrogen) atoms. The third-order valence-corrected chi connectivity index (χ3v) is 4.39. The van der Waals surface area contributed by atoms with Crippen LogP contribution in [-0.4, -0.2) is 25.2 Å². The van der Waals surface area contributed by atoms with Crippen molar-refractivity contribution in [3.05, 3.63) is 34.9 Å². The van der Waals surface area contributed by atoms with Gasteiger partial charge in [-0.05, 0) is 18.1 Å². The highest BCUT2D eigenvalue weighted by molar-refractivity contribution is 7.89. The number of benzene rings is 1.